The molecule has 2 rings (SSSR count). The second-order valence-corrected chi connectivity index (χ2v) is 6.03. The fourth-order valence-electron chi connectivity index (χ4n) is 1.97. The first-order chi connectivity index (χ1) is 7.25. The predicted octanol–water partition coefficient (Wildman–Crippen LogP) is 2.35. The molecule has 0 aliphatic carbocycles. The summed E-state index contributed by atoms with van der Waals surface area (Å²) in [5.74, 6) is 1.57. The van der Waals surface area contributed by atoms with Gasteiger partial charge in [0.05, 0.1) is 4.34 Å². The van der Waals surface area contributed by atoms with Crippen molar-refractivity contribution < 1.29 is 0 Å². The van der Waals surface area contributed by atoms with Crippen molar-refractivity contribution in [2.45, 2.75) is 13.5 Å². The molecule has 0 aromatic carbocycles. The highest BCUT2D eigenvalue weighted by atomic mass is 35.5. The number of hydrogen-bond acceptors (Lipinski definition) is 3. The Morgan fingerprint density at radius 3 is 3.00 bits per heavy atom. The molecule has 0 unspecified atom stereocenters. The number of nitrogens with one attached hydrogen (secondary N) is 2. The monoisotopic (exact) mass is 244 g/mol. The van der Waals surface area contributed by atoms with E-state index in [0.717, 1.165) is 42.4 Å². The third kappa shape index (κ3) is 3.18. The lowest BCUT2D eigenvalue weighted by atomic mass is 9.98. The molecule has 2 N–H and O–H groups in total. The molecule has 84 valence electrons. The van der Waals surface area contributed by atoms with E-state index in [4.69, 9.17) is 11.6 Å². The standard InChI is InChI=1S/C11H17ClN2S/c1-8-4-13-5-9(8)6-14-7-10-2-3-11(12)15-10/h2-3,8-9,13-14H,4-7H2,1H3/t8-,9+/m1/s1. The molecule has 2 heterocycles. The molecule has 0 bridgehead atoms. The van der Waals surface area contributed by atoms with E-state index in [9.17, 15) is 0 Å². The van der Waals surface area contributed by atoms with Crippen molar-refractivity contribution in [3.8, 4) is 0 Å². The maximum absolute atomic E-state index is 5.87. The molecule has 0 amide bonds. The summed E-state index contributed by atoms with van der Waals surface area (Å²) < 4.78 is 0.878. The Hall–Kier alpha value is -0.0900. The molecule has 0 saturated carbocycles. The van der Waals surface area contributed by atoms with Crippen molar-refractivity contribution in [3.05, 3.63) is 21.3 Å². The fraction of sp³-hybridized carbons (Fsp3) is 0.636. The SMILES string of the molecule is C[C@@H]1CNC[C@H]1CNCc1ccc(Cl)s1. The van der Waals surface area contributed by atoms with Crippen LogP contribution in [0.3, 0.4) is 0 Å². The van der Waals surface area contributed by atoms with Crippen molar-refractivity contribution in [3.63, 3.8) is 0 Å². The van der Waals surface area contributed by atoms with Gasteiger partial charge in [0.2, 0.25) is 0 Å². The van der Waals surface area contributed by atoms with Crippen LogP contribution in [0.2, 0.25) is 4.34 Å². The van der Waals surface area contributed by atoms with E-state index < -0.39 is 0 Å². The average Bonchev–Trinajstić information content (AvgIpc) is 2.77. The Morgan fingerprint density at radius 2 is 2.40 bits per heavy atom. The van der Waals surface area contributed by atoms with Crippen molar-refractivity contribution >= 4 is 22.9 Å². The van der Waals surface area contributed by atoms with Gasteiger partial charge in [-0.15, -0.1) is 11.3 Å². The Morgan fingerprint density at radius 1 is 1.53 bits per heavy atom. The molecule has 0 radical (unpaired) electrons. The molecule has 1 fully saturated rings. The van der Waals surface area contributed by atoms with Gasteiger partial charge in [-0.05, 0) is 43.6 Å². The van der Waals surface area contributed by atoms with Gasteiger partial charge >= 0.3 is 0 Å². The quantitative estimate of drug-likeness (QED) is 0.850. The molecule has 1 aliphatic heterocycles. The summed E-state index contributed by atoms with van der Waals surface area (Å²) in [6.45, 7) is 6.68. The highest BCUT2D eigenvalue weighted by Crippen LogP contribution is 2.21. The lowest BCUT2D eigenvalue weighted by Gasteiger charge is -2.14. The van der Waals surface area contributed by atoms with Gasteiger partial charge in [-0.2, -0.15) is 0 Å². The summed E-state index contributed by atoms with van der Waals surface area (Å²) in [7, 11) is 0. The lowest BCUT2D eigenvalue weighted by molar-refractivity contribution is 0.421. The maximum Gasteiger partial charge on any atom is 0.0931 e. The van der Waals surface area contributed by atoms with Crippen molar-refractivity contribution in [2.75, 3.05) is 19.6 Å². The molecule has 1 saturated heterocycles. The first kappa shape index (κ1) is 11.4. The minimum Gasteiger partial charge on any atom is -0.316 e. The highest BCUT2D eigenvalue weighted by Gasteiger charge is 2.22. The Labute approximate surface area is 100 Å². The van der Waals surface area contributed by atoms with Crippen LogP contribution < -0.4 is 10.6 Å². The minimum absolute atomic E-state index is 0.778. The zero-order chi connectivity index (χ0) is 10.7. The molecule has 1 aliphatic rings. The number of rotatable bonds is 4. The van der Waals surface area contributed by atoms with E-state index in [2.05, 4.69) is 23.6 Å². The van der Waals surface area contributed by atoms with Gasteiger partial charge < -0.3 is 10.6 Å². The second kappa shape index (κ2) is 5.30. The minimum atomic E-state index is 0.778. The zero-order valence-electron chi connectivity index (χ0n) is 8.92. The van der Waals surface area contributed by atoms with Crippen LogP contribution in [-0.4, -0.2) is 19.6 Å². The van der Waals surface area contributed by atoms with E-state index in [0.29, 0.717) is 0 Å². The maximum atomic E-state index is 5.87. The molecular formula is C11H17ClN2S. The fourth-order valence-corrected chi connectivity index (χ4v) is 3.02. The van der Waals surface area contributed by atoms with Crippen LogP contribution in [0.1, 0.15) is 11.8 Å². The van der Waals surface area contributed by atoms with Crippen LogP contribution >= 0.6 is 22.9 Å². The van der Waals surface area contributed by atoms with Gasteiger partial charge in [0.25, 0.3) is 0 Å². The number of halogens is 1. The van der Waals surface area contributed by atoms with Crippen LogP contribution in [0.25, 0.3) is 0 Å². The first-order valence-electron chi connectivity index (χ1n) is 5.41. The average molecular weight is 245 g/mol. The number of thiophene rings is 1. The van der Waals surface area contributed by atoms with E-state index in [1.165, 1.54) is 4.88 Å². The van der Waals surface area contributed by atoms with Crippen LogP contribution in [0.4, 0.5) is 0 Å². The molecule has 1 aromatic heterocycles. The van der Waals surface area contributed by atoms with Crippen molar-refractivity contribution in [1.82, 2.24) is 10.6 Å². The molecule has 0 spiro atoms. The lowest BCUT2D eigenvalue weighted by Crippen LogP contribution is -2.26. The largest absolute Gasteiger partial charge is 0.316 e. The van der Waals surface area contributed by atoms with Crippen LogP contribution in [0, 0.1) is 11.8 Å². The summed E-state index contributed by atoms with van der Waals surface area (Å²) in [6, 6.07) is 4.05. The smallest absolute Gasteiger partial charge is 0.0931 e. The molecule has 2 atom stereocenters. The van der Waals surface area contributed by atoms with E-state index in [-0.39, 0.29) is 0 Å². The highest BCUT2D eigenvalue weighted by molar-refractivity contribution is 7.16. The zero-order valence-corrected chi connectivity index (χ0v) is 10.5. The molecule has 1 aromatic rings. The molecule has 4 heteroatoms. The summed E-state index contributed by atoms with van der Waals surface area (Å²) in [6.07, 6.45) is 0. The summed E-state index contributed by atoms with van der Waals surface area (Å²) in [5, 5.41) is 6.92. The Kier molecular flexibility index (Phi) is 4.03. The second-order valence-electron chi connectivity index (χ2n) is 4.23. The molecule has 2 nitrogen and oxygen atoms in total. The van der Waals surface area contributed by atoms with Gasteiger partial charge in [0.1, 0.15) is 0 Å². The summed E-state index contributed by atoms with van der Waals surface area (Å²) in [4.78, 5) is 1.32. The molecular weight excluding hydrogens is 228 g/mol. The van der Waals surface area contributed by atoms with E-state index >= 15 is 0 Å². The third-order valence-corrected chi connectivity index (χ3v) is 4.24. The van der Waals surface area contributed by atoms with E-state index in [1.54, 1.807) is 11.3 Å². The van der Waals surface area contributed by atoms with Gasteiger partial charge in [0.15, 0.2) is 0 Å². The third-order valence-electron chi connectivity index (χ3n) is 3.01. The van der Waals surface area contributed by atoms with Gasteiger partial charge in [0, 0.05) is 11.4 Å². The normalized spacial score (nSPS) is 26.0. The van der Waals surface area contributed by atoms with Crippen LogP contribution in [0.15, 0.2) is 12.1 Å². The Balaban J connectivity index is 1.70. The van der Waals surface area contributed by atoms with Crippen LogP contribution in [-0.2, 0) is 6.54 Å². The topological polar surface area (TPSA) is 24.1 Å². The van der Waals surface area contributed by atoms with Gasteiger partial charge in [-0.3, -0.25) is 0 Å². The van der Waals surface area contributed by atoms with Gasteiger partial charge in [-0.25, -0.2) is 0 Å². The summed E-state index contributed by atoms with van der Waals surface area (Å²) >= 11 is 7.53. The first-order valence-corrected chi connectivity index (χ1v) is 6.61. The number of hydrogen-bond donors (Lipinski definition) is 2. The predicted molar refractivity (Wildman–Crippen MR) is 66.6 cm³/mol. The van der Waals surface area contributed by atoms with Crippen molar-refractivity contribution in [2.24, 2.45) is 11.8 Å². The summed E-state index contributed by atoms with van der Waals surface area (Å²) in [5.41, 5.74) is 0. The van der Waals surface area contributed by atoms with E-state index in [1.807, 2.05) is 6.07 Å². The Bertz CT molecular complexity index is 313. The van der Waals surface area contributed by atoms with Gasteiger partial charge in [-0.1, -0.05) is 18.5 Å². The van der Waals surface area contributed by atoms with Crippen molar-refractivity contribution in [1.29, 1.82) is 0 Å². The van der Waals surface area contributed by atoms with Crippen LogP contribution in [0.5, 0.6) is 0 Å². The molecule has 15 heavy (non-hydrogen) atoms.